The molecule has 0 N–H and O–H groups in total. The molecule has 2 unspecified atom stereocenters. The van der Waals surface area contributed by atoms with Crippen LogP contribution in [0.15, 0.2) is 24.3 Å². The molecule has 2 aliphatic heterocycles. The molecule has 25 heavy (non-hydrogen) atoms. The van der Waals surface area contributed by atoms with Gasteiger partial charge in [0.15, 0.2) is 0 Å². The number of hydrogen-bond acceptors (Lipinski definition) is 2. The molecule has 3 fully saturated rings. The minimum atomic E-state index is 0.436. The lowest BCUT2D eigenvalue weighted by molar-refractivity contribution is -0.131. The van der Waals surface area contributed by atoms with Crippen molar-refractivity contribution in [3.63, 3.8) is 0 Å². The minimum absolute atomic E-state index is 0.436. The first-order chi connectivity index (χ1) is 12.2. The SMILES string of the molecule is Cc1ccc(CN2CCC(CC(=O)N3CC4CCCC4C3)CC2)cc1. The fourth-order valence-corrected chi connectivity index (χ4v) is 5.12. The molecule has 1 aromatic rings. The average Bonchev–Trinajstić information content (AvgIpc) is 3.20. The van der Waals surface area contributed by atoms with Crippen LogP contribution in [0.4, 0.5) is 0 Å². The third-order valence-electron chi connectivity index (χ3n) is 6.78. The Morgan fingerprint density at radius 3 is 2.28 bits per heavy atom. The Morgan fingerprint density at radius 2 is 1.64 bits per heavy atom. The van der Waals surface area contributed by atoms with Crippen LogP contribution in [0.25, 0.3) is 0 Å². The van der Waals surface area contributed by atoms with Gasteiger partial charge in [-0.3, -0.25) is 9.69 Å². The Bertz CT molecular complexity index is 577. The van der Waals surface area contributed by atoms with Gasteiger partial charge in [0, 0.05) is 26.1 Å². The number of carbonyl (C=O) groups is 1. The van der Waals surface area contributed by atoms with Crippen LogP contribution in [0.5, 0.6) is 0 Å². The van der Waals surface area contributed by atoms with E-state index in [1.54, 1.807) is 0 Å². The van der Waals surface area contributed by atoms with E-state index in [9.17, 15) is 4.79 Å². The normalized spacial score (nSPS) is 27.6. The summed E-state index contributed by atoms with van der Waals surface area (Å²) in [6.07, 6.45) is 7.24. The lowest BCUT2D eigenvalue weighted by Gasteiger charge is -2.32. The maximum absolute atomic E-state index is 12.7. The summed E-state index contributed by atoms with van der Waals surface area (Å²) in [5.74, 6) is 2.68. The molecule has 0 radical (unpaired) electrons. The lowest BCUT2D eigenvalue weighted by Crippen LogP contribution is -2.36. The van der Waals surface area contributed by atoms with E-state index in [1.165, 1.54) is 43.2 Å². The molecule has 2 saturated heterocycles. The molecule has 0 bridgehead atoms. The number of hydrogen-bond donors (Lipinski definition) is 0. The maximum atomic E-state index is 12.7. The van der Waals surface area contributed by atoms with E-state index >= 15 is 0 Å². The average molecular weight is 341 g/mol. The highest BCUT2D eigenvalue weighted by molar-refractivity contribution is 5.76. The van der Waals surface area contributed by atoms with E-state index in [0.717, 1.165) is 51.0 Å². The number of amides is 1. The lowest BCUT2D eigenvalue weighted by atomic mass is 9.92. The third-order valence-corrected chi connectivity index (χ3v) is 6.78. The minimum Gasteiger partial charge on any atom is -0.342 e. The first-order valence-electron chi connectivity index (χ1n) is 10.2. The first-order valence-corrected chi connectivity index (χ1v) is 10.2. The summed E-state index contributed by atoms with van der Waals surface area (Å²) < 4.78 is 0. The number of carbonyl (C=O) groups excluding carboxylic acids is 1. The second kappa shape index (κ2) is 7.49. The Hall–Kier alpha value is -1.35. The van der Waals surface area contributed by atoms with Crippen LogP contribution >= 0.6 is 0 Å². The molecule has 1 saturated carbocycles. The Morgan fingerprint density at radius 1 is 1.00 bits per heavy atom. The van der Waals surface area contributed by atoms with Crippen molar-refractivity contribution >= 4 is 5.91 Å². The number of likely N-dealkylation sites (tertiary alicyclic amines) is 2. The molecule has 0 aromatic heterocycles. The van der Waals surface area contributed by atoms with Crippen molar-refractivity contribution in [1.82, 2.24) is 9.80 Å². The second-order valence-corrected chi connectivity index (χ2v) is 8.66. The van der Waals surface area contributed by atoms with Gasteiger partial charge in [-0.25, -0.2) is 0 Å². The van der Waals surface area contributed by atoms with Gasteiger partial charge in [-0.2, -0.15) is 0 Å². The number of piperidine rings is 1. The number of nitrogens with zero attached hydrogens (tertiary/aromatic N) is 2. The van der Waals surface area contributed by atoms with E-state index in [2.05, 4.69) is 41.0 Å². The molecule has 1 aromatic carbocycles. The zero-order chi connectivity index (χ0) is 17.2. The van der Waals surface area contributed by atoms with E-state index in [1.807, 2.05) is 0 Å². The highest BCUT2D eigenvalue weighted by Crippen LogP contribution is 2.38. The van der Waals surface area contributed by atoms with Crippen LogP contribution in [0.1, 0.15) is 49.7 Å². The molecule has 2 atom stereocenters. The van der Waals surface area contributed by atoms with Gasteiger partial charge >= 0.3 is 0 Å². The first kappa shape index (κ1) is 17.1. The molecule has 3 heteroatoms. The Labute approximate surface area is 152 Å². The zero-order valence-electron chi connectivity index (χ0n) is 15.6. The Kier molecular flexibility index (Phi) is 5.12. The molecule has 3 nitrogen and oxygen atoms in total. The molecule has 136 valence electrons. The van der Waals surface area contributed by atoms with Crippen LogP contribution in [0.2, 0.25) is 0 Å². The topological polar surface area (TPSA) is 23.6 Å². The molecule has 3 aliphatic rings. The van der Waals surface area contributed by atoms with Gasteiger partial charge in [-0.05, 0) is 69.0 Å². The summed E-state index contributed by atoms with van der Waals surface area (Å²) in [4.78, 5) is 17.4. The molecule has 1 amide bonds. The van der Waals surface area contributed by atoms with E-state index < -0.39 is 0 Å². The van der Waals surface area contributed by atoms with Crippen molar-refractivity contribution in [2.24, 2.45) is 17.8 Å². The Balaban J connectivity index is 1.21. The summed E-state index contributed by atoms with van der Waals surface area (Å²) in [5, 5.41) is 0. The van der Waals surface area contributed by atoms with Crippen LogP contribution in [0, 0.1) is 24.7 Å². The van der Waals surface area contributed by atoms with Crippen LogP contribution < -0.4 is 0 Å². The van der Waals surface area contributed by atoms with Crippen molar-refractivity contribution in [2.45, 2.75) is 52.0 Å². The van der Waals surface area contributed by atoms with Gasteiger partial charge in [0.2, 0.25) is 5.91 Å². The zero-order valence-corrected chi connectivity index (χ0v) is 15.6. The number of aryl methyl sites for hydroxylation is 1. The van der Waals surface area contributed by atoms with Crippen LogP contribution in [-0.4, -0.2) is 41.9 Å². The summed E-state index contributed by atoms with van der Waals surface area (Å²) in [6, 6.07) is 8.89. The van der Waals surface area contributed by atoms with E-state index in [4.69, 9.17) is 0 Å². The summed E-state index contributed by atoms with van der Waals surface area (Å²) in [6.45, 7) is 7.57. The number of rotatable bonds is 4. The van der Waals surface area contributed by atoms with Crippen LogP contribution in [0.3, 0.4) is 0 Å². The molecule has 0 spiro atoms. The summed E-state index contributed by atoms with van der Waals surface area (Å²) in [5.41, 5.74) is 2.73. The highest BCUT2D eigenvalue weighted by Gasteiger charge is 2.38. The standard InChI is InChI=1S/C22H32N2O/c1-17-5-7-19(8-6-17)14-23-11-9-18(10-12-23)13-22(25)24-15-20-3-2-4-21(20)16-24/h5-8,18,20-21H,2-4,9-16H2,1H3. The smallest absolute Gasteiger partial charge is 0.222 e. The predicted molar refractivity (Wildman–Crippen MR) is 101 cm³/mol. The number of benzene rings is 1. The van der Waals surface area contributed by atoms with Gasteiger partial charge in [-0.15, -0.1) is 0 Å². The third kappa shape index (κ3) is 4.08. The van der Waals surface area contributed by atoms with Gasteiger partial charge in [0.05, 0.1) is 0 Å². The number of fused-ring (bicyclic) bond motifs is 1. The van der Waals surface area contributed by atoms with Gasteiger partial charge < -0.3 is 4.90 Å². The quantitative estimate of drug-likeness (QED) is 0.831. The van der Waals surface area contributed by atoms with E-state index in [0.29, 0.717) is 11.8 Å². The molecule has 1 aliphatic carbocycles. The molecule has 2 heterocycles. The van der Waals surface area contributed by atoms with Gasteiger partial charge in [0.1, 0.15) is 0 Å². The summed E-state index contributed by atoms with van der Waals surface area (Å²) >= 11 is 0. The van der Waals surface area contributed by atoms with Gasteiger partial charge in [0.25, 0.3) is 0 Å². The predicted octanol–water partition coefficient (Wildman–Crippen LogP) is 3.86. The highest BCUT2D eigenvalue weighted by atomic mass is 16.2. The van der Waals surface area contributed by atoms with E-state index in [-0.39, 0.29) is 0 Å². The fraction of sp³-hybridized carbons (Fsp3) is 0.682. The van der Waals surface area contributed by atoms with Crippen molar-refractivity contribution in [2.75, 3.05) is 26.2 Å². The second-order valence-electron chi connectivity index (χ2n) is 8.66. The van der Waals surface area contributed by atoms with Crippen molar-refractivity contribution in [1.29, 1.82) is 0 Å². The summed E-state index contributed by atoms with van der Waals surface area (Å²) in [7, 11) is 0. The largest absolute Gasteiger partial charge is 0.342 e. The van der Waals surface area contributed by atoms with Crippen molar-refractivity contribution in [3.05, 3.63) is 35.4 Å². The molecular formula is C22H32N2O. The van der Waals surface area contributed by atoms with Crippen molar-refractivity contribution in [3.8, 4) is 0 Å². The molecule has 4 rings (SSSR count). The van der Waals surface area contributed by atoms with Crippen molar-refractivity contribution < 1.29 is 4.79 Å². The van der Waals surface area contributed by atoms with Gasteiger partial charge in [-0.1, -0.05) is 36.2 Å². The fourth-order valence-electron chi connectivity index (χ4n) is 5.12. The monoisotopic (exact) mass is 340 g/mol. The van der Waals surface area contributed by atoms with Crippen LogP contribution in [-0.2, 0) is 11.3 Å². The molecular weight excluding hydrogens is 308 g/mol. The maximum Gasteiger partial charge on any atom is 0.222 e.